The third kappa shape index (κ3) is 6.15. The van der Waals surface area contributed by atoms with Gasteiger partial charge in [0.25, 0.3) is 0 Å². The van der Waals surface area contributed by atoms with Crippen molar-refractivity contribution in [1.29, 1.82) is 0 Å². The molecule has 2 nitrogen and oxygen atoms in total. The molecule has 0 fully saturated rings. The number of unbranched alkanes of at least 4 members (excludes halogenated alkanes) is 1. The smallest absolute Gasteiger partial charge is 0.0640 e. The van der Waals surface area contributed by atoms with Gasteiger partial charge < -0.3 is 10.2 Å². The first-order valence-corrected chi connectivity index (χ1v) is 8.79. The number of hydrogen-bond acceptors (Lipinski definition) is 2. The van der Waals surface area contributed by atoms with E-state index in [1.807, 2.05) is 12.1 Å². The Morgan fingerprint density at radius 1 is 1.14 bits per heavy atom. The lowest BCUT2D eigenvalue weighted by Crippen LogP contribution is -2.30. The molecule has 1 N–H and O–H groups in total. The van der Waals surface area contributed by atoms with E-state index in [1.54, 1.807) is 0 Å². The van der Waals surface area contributed by atoms with Crippen molar-refractivity contribution in [2.45, 2.75) is 46.1 Å². The van der Waals surface area contributed by atoms with Gasteiger partial charge in [-0.05, 0) is 50.7 Å². The molecule has 4 heteroatoms. The van der Waals surface area contributed by atoms with Gasteiger partial charge in [0.2, 0.25) is 0 Å². The highest BCUT2D eigenvalue weighted by Crippen LogP contribution is 2.31. The highest BCUT2D eigenvalue weighted by Gasteiger charge is 2.16. The van der Waals surface area contributed by atoms with E-state index in [4.69, 9.17) is 23.2 Å². The van der Waals surface area contributed by atoms with E-state index in [9.17, 15) is 0 Å². The Bertz CT molecular complexity index is 410. The topological polar surface area (TPSA) is 15.3 Å². The Morgan fingerprint density at radius 2 is 1.90 bits per heavy atom. The van der Waals surface area contributed by atoms with Gasteiger partial charge in [0.15, 0.2) is 0 Å². The Labute approximate surface area is 139 Å². The lowest BCUT2D eigenvalue weighted by atomic mass is 10.0. The number of rotatable bonds is 10. The quantitative estimate of drug-likeness (QED) is 0.637. The van der Waals surface area contributed by atoms with Gasteiger partial charge in [-0.3, -0.25) is 0 Å². The molecule has 0 bridgehead atoms. The predicted octanol–water partition coefficient (Wildman–Crippen LogP) is 5.16. The summed E-state index contributed by atoms with van der Waals surface area (Å²) in [5.41, 5.74) is 1.11. The molecular formula is C17H28Cl2N2. The van der Waals surface area contributed by atoms with Crippen molar-refractivity contribution in [3.63, 3.8) is 0 Å². The van der Waals surface area contributed by atoms with E-state index in [0.29, 0.717) is 10.0 Å². The van der Waals surface area contributed by atoms with Gasteiger partial charge in [-0.1, -0.05) is 62.5 Å². The van der Waals surface area contributed by atoms with Gasteiger partial charge in [0.1, 0.15) is 0 Å². The predicted molar refractivity (Wildman–Crippen MR) is 94.5 cm³/mol. The molecule has 0 aromatic heterocycles. The van der Waals surface area contributed by atoms with Crippen LogP contribution in [0.2, 0.25) is 10.0 Å². The summed E-state index contributed by atoms with van der Waals surface area (Å²) in [4.78, 5) is 2.51. The lowest BCUT2D eigenvalue weighted by Gasteiger charge is -2.25. The first-order chi connectivity index (χ1) is 10.1. The Balaban J connectivity index is 2.71. The molecule has 0 aliphatic heterocycles. The summed E-state index contributed by atoms with van der Waals surface area (Å²) in [5, 5.41) is 4.85. The molecule has 0 amide bonds. The van der Waals surface area contributed by atoms with Crippen LogP contribution in [0.4, 0.5) is 0 Å². The molecule has 1 aromatic rings. The second-order valence-corrected chi connectivity index (χ2v) is 6.11. The number of benzene rings is 1. The SMILES string of the molecule is CCCCN(CC)CCC(NCC)c1cccc(Cl)c1Cl. The van der Waals surface area contributed by atoms with Crippen LogP contribution in [0.15, 0.2) is 18.2 Å². The fourth-order valence-corrected chi connectivity index (χ4v) is 2.96. The van der Waals surface area contributed by atoms with E-state index in [0.717, 1.165) is 31.6 Å². The maximum atomic E-state index is 6.37. The zero-order valence-corrected chi connectivity index (χ0v) is 15.0. The van der Waals surface area contributed by atoms with E-state index < -0.39 is 0 Å². The molecule has 0 radical (unpaired) electrons. The van der Waals surface area contributed by atoms with Crippen molar-refractivity contribution in [1.82, 2.24) is 10.2 Å². The number of halogens is 2. The molecule has 1 unspecified atom stereocenters. The summed E-state index contributed by atoms with van der Waals surface area (Å²) >= 11 is 12.5. The molecule has 0 aliphatic carbocycles. The molecular weight excluding hydrogens is 303 g/mol. The lowest BCUT2D eigenvalue weighted by molar-refractivity contribution is 0.265. The summed E-state index contributed by atoms with van der Waals surface area (Å²) in [7, 11) is 0. The van der Waals surface area contributed by atoms with Crippen molar-refractivity contribution >= 4 is 23.2 Å². The van der Waals surface area contributed by atoms with Gasteiger partial charge in [0, 0.05) is 6.04 Å². The van der Waals surface area contributed by atoms with Crippen molar-refractivity contribution in [3.8, 4) is 0 Å². The summed E-state index contributed by atoms with van der Waals surface area (Å²) in [6.45, 7) is 10.9. The zero-order valence-electron chi connectivity index (χ0n) is 13.5. The highest BCUT2D eigenvalue weighted by atomic mass is 35.5. The van der Waals surface area contributed by atoms with Crippen molar-refractivity contribution in [2.75, 3.05) is 26.2 Å². The monoisotopic (exact) mass is 330 g/mol. The maximum absolute atomic E-state index is 6.37. The van der Waals surface area contributed by atoms with E-state index >= 15 is 0 Å². The molecule has 0 saturated carbocycles. The van der Waals surface area contributed by atoms with Gasteiger partial charge in [-0.2, -0.15) is 0 Å². The standard InChI is InChI=1S/C17H28Cl2N2/c1-4-7-12-21(6-3)13-11-16(20-5-2)14-9-8-10-15(18)17(14)19/h8-10,16,20H,4-7,11-13H2,1-3H3. The van der Waals surface area contributed by atoms with Crippen LogP contribution in [-0.2, 0) is 0 Å². The van der Waals surface area contributed by atoms with Gasteiger partial charge in [-0.15, -0.1) is 0 Å². The molecule has 1 aromatic carbocycles. The molecule has 0 heterocycles. The van der Waals surface area contributed by atoms with Crippen LogP contribution < -0.4 is 5.32 Å². The van der Waals surface area contributed by atoms with Crippen LogP contribution in [0.5, 0.6) is 0 Å². The third-order valence-electron chi connectivity index (χ3n) is 3.82. The fourth-order valence-electron chi connectivity index (χ4n) is 2.52. The normalized spacial score (nSPS) is 12.9. The number of nitrogens with zero attached hydrogens (tertiary/aromatic N) is 1. The highest BCUT2D eigenvalue weighted by molar-refractivity contribution is 6.42. The van der Waals surface area contributed by atoms with Crippen LogP contribution in [0.1, 0.15) is 51.6 Å². The first-order valence-electron chi connectivity index (χ1n) is 8.03. The molecule has 0 spiro atoms. The van der Waals surface area contributed by atoms with Crippen LogP contribution in [-0.4, -0.2) is 31.1 Å². The average Bonchev–Trinajstić information content (AvgIpc) is 2.49. The van der Waals surface area contributed by atoms with Crippen LogP contribution >= 0.6 is 23.2 Å². The van der Waals surface area contributed by atoms with E-state index in [2.05, 4.69) is 37.1 Å². The van der Waals surface area contributed by atoms with Crippen molar-refractivity contribution in [2.24, 2.45) is 0 Å². The third-order valence-corrected chi connectivity index (χ3v) is 4.65. The minimum atomic E-state index is 0.261. The van der Waals surface area contributed by atoms with E-state index in [1.165, 1.54) is 19.4 Å². The van der Waals surface area contributed by atoms with Crippen molar-refractivity contribution < 1.29 is 0 Å². The summed E-state index contributed by atoms with van der Waals surface area (Å²) in [6.07, 6.45) is 3.55. The van der Waals surface area contributed by atoms with E-state index in [-0.39, 0.29) is 6.04 Å². The number of nitrogens with one attached hydrogen (secondary N) is 1. The number of hydrogen-bond donors (Lipinski definition) is 1. The van der Waals surface area contributed by atoms with Crippen molar-refractivity contribution in [3.05, 3.63) is 33.8 Å². The first kappa shape index (κ1) is 18.8. The fraction of sp³-hybridized carbons (Fsp3) is 0.647. The second kappa shape index (κ2) is 10.4. The largest absolute Gasteiger partial charge is 0.310 e. The Hall–Kier alpha value is -0.280. The average molecular weight is 331 g/mol. The molecule has 120 valence electrons. The minimum Gasteiger partial charge on any atom is -0.310 e. The van der Waals surface area contributed by atoms with Gasteiger partial charge >= 0.3 is 0 Å². The maximum Gasteiger partial charge on any atom is 0.0640 e. The molecule has 0 saturated heterocycles. The Morgan fingerprint density at radius 3 is 2.52 bits per heavy atom. The summed E-state index contributed by atoms with van der Waals surface area (Å²) < 4.78 is 0. The van der Waals surface area contributed by atoms with Gasteiger partial charge in [0.05, 0.1) is 10.0 Å². The van der Waals surface area contributed by atoms with Crippen LogP contribution in [0.3, 0.4) is 0 Å². The minimum absolute atomic E-state index is 0.261. The van der Waals surface area contributed by atoms with Gasteiger partial charge in [-0.25, -0.2) is 0 Å². The molecule has 21 heavy (non-hydrogen) atoms. The Kier molecular flexibility index (Phi) is 9.34. The molecule has 1 atom stereocenters. The second-order valence-electron chi connectivity index (χ2n) is 5.33. The molecule has 1 rings (SSSR count). The zero-order chi connectivity index (χ0) is 15.7. The molecule has 0 aliphatic rings. The summed E-state index contributed by atoms with van der Waals surface area (Å²) in [5.74, 6) is 0. The van der Waals surface area contributed by atoms with Crippen LogP contribution in [0, 0.1) is 0 Å². The van der Waals surface area contributed by atoms with Crippen LogP contribution in [0.25, 0.3) is 0 Å². The summed E-state index contributed by atoms with van der Waals surface area (Å²) in [6, 6.07) is 6.15.